The number of amides is 1. The molecule has 2 fully saturated rings. The highest BCUT2D eigenvalue weighted by molar-refractivity contribution is 5.95. The Kier molecular flexibility index (Phi) is 3.38. The van der Waals surface area contributed by atoms with Gasteiger partial charge in [-0.25, -0.2) is 4.98 Å². The largest absolute Gasteiger partial charge is 0.363 e. The van der Waals surface area contributed by atoms with Crippen molar-refractivity contribution in [3.63, 3.8) is 0 Å². The zero-order valence-corrected chi connectivity index (χ0v) is 12.1. The van der Waals surface area contributed by atoms with E-state index in [1.807, 2.05) is 31.1 Å². The van der Waals surface area contributed by atoms with E-state index in [1.165, 1.54) is 0 Å². The Labute approximate surface area is 119 Å². The molecule has 1 amide bonds. The van der Waals surface area contributed by atoms with Gasteiger partial charge in [-0.1, -0.05) is 0 Å². The molecule has 0 radical (unpaired) electrons. The van der Waals surface area contributed by atoms with Crippen LogP contribution in [0.5, 0.6) is 0 Å². The second kappa shape index (κ2) is 5.05. The Morgan fingerprint density at radius 3 is 2.90 bits per heavy atom. The number of pyridine rings is 1. The molecule has 5 nitrogen and oxygen atoms in total. The van der Waals surface area contributed by atoms with Crippen molar-refractivity contribution >= 4 is 17.4 Å². The number of hydrogen-bond acceptors (Lipinski definition) is 4. The maximum Gasteiger partial charge on any atom is 0.228 e. The van der Waals surface area contributed by atoms with Crippen molar-refractivity contribution in [1.29, 1.82) is 0 Å². The van der Waals surface area contributed by atoms with E-state index in [2.05, 4.69) is 15.6 Å². The number of anilines is 2. The summed E-state index contributed by atoms with van der Waals surface area (Å²) < 4.78 is 0. The van der Waals surface area contributed by atoms with Gasteiger partial charge in [0.1, 0.15) is 5.82 Å². The molecule has 1 atom stereocenters. The van der Waals surface area contributed by atoms with Gasteiger partial charge >= 0.3 is 0 Å². The topological polar surface area (TPSA) is 57.3 Å². The van der Waals surface area contributed by atoms with E-state index < -0.39 is 0 Å². The standard InChI is InChI=1S/C15H22N4O/c1-19(2)13-9-11(3-6-17-13)18-14(20)12-10-15(12)4-7-16-8-5-15/h3,6,9,12,16H,4-5,7-8,10H2,1-2H3,(H,17,18,20). The van der Waals surface area contributed by atoms with E-state index in [1.54, 1.807) is 6.20 Å². The highest BCUT2D eigenvalue weighted by atomic mass is 16.2. The van der Waals surface area contributed by atoms with Crippen LogP contribution < -0.4 is 15.5 Å². The van der Waals surface area contributed by atoms with E-state index in [4.69, 9.17) is 0 Å². The Balaban J connectivity index is 1.64. The van der Waals surface area contributed by atoms with Crippen LogP contribution in [0.3, 0.4) is 0 Å². The van der Waals surface area contributed by atoms with Gasteiger partial charge in [-0.3, -0.25) is 4.79 Å². The summed E-state index contributed by atoms with van der Waals surface area (Å²) in [6.07, 6.45) is 5.04. The van der Waals surface area contributed by atoms with Crippen LogP contribution >= 0.6 is 0 Å². The van der Waals surface area contributed by atoms with Crippen LogP contribution in [0.15, 0.2) is 18.3 Å². The zero-order chi connectivity index (χ0) is 14.2. The number of carbonyl (C=O) groups excluding carboxylic acids is 1. The second-order valence-corrected chi connectivity index (χ2v) is 6.16. The molecule has 1 unspecified atom stereocenters. The van der Waals surface area contributed by atoms with E-state index >= 15 is 0 Å². The number of aromatic nitrogens is 1. The molecule has 2 heterocycles. The normalized spacial score (nSPS) is 23.4. The van der Waals surface area contributed by atoms with Gasteiger partial charge in [0.15, 0.2) is 0 Å². The van der Waals surface area contributed by atoms with Gasteiger partial charge in [0.25, 0.3) is 0 Å². The predicted molar refractivity (Wildman–Crippen MR) is 79.8 cm³/mol. The van der Waals surface area contributed by atoms with E-state index in [0.29, 0.717) is 0 Å². The highest BCUT2D eigenvalue weighted by Gasteiger charge is 2.57. The highest BCUT2D eigenvalue weighted by Crippen LogP contribution is 2.58. The van der Waals surface area contributed by atoms with Crippen molar-refractivity contribution in [3.05, 3.63) is 18.3 Å². The Bertz CT molecular complexity index is 508. The summed E-state index contributed by atoms with van der Waals surface area (Å²) >= 11 is 0. The van der Waals surface area contributed by atoms with Gasteiger partial charge in [0, 0.05) is 38.0 Å². The maximum atomic E-state index is 12.4. The molecule has 20 heavy (non-hydrogen) atoms. The Hall–Kier alpha value is -1.62. The van der Waals surface area contributed by atoms with Crippen molar-refractivity contribution < 1.29 is 4.79 Å². The molecular weight excluding hydrogens is 252 g/mol. The van der Waals surface area contributed by atoms with Gasteiger partial charge in [0.2, 0.25) is 5.91 Å². The zero-order valence-electron chi connectivity index (χ0n) is 12.1. The molecule has 1 saturated heterocycles. The fraction of sp³-hybridized carbons (Fsp3) is 0.600. The summed E-state index contributed by atoms with van der Waals surface area (Å²) in [6, 6.07) is 3.76. The first-order valence-electron chi connectivity index (χ1n) is 7.26. The summed E-state index contributed by atoms with van der Waals surface area (Å²) in [4.78, 5) is 18.6. The third-order valence-electron chi connectivity index (χ3n) is 4.58. The summed E-state index contributed by atoms with van der Waals surface area (Å²) in [6.45, 7) is 2.09. The summed E-state index contributed by atoms with van der Waals surface area (Å²) in [7, 11) is 3.89. The molecular formula is C15H22N4O. The average Bonchev–Trinajstić information content (AvgIpc) is 3.13. The fourth-order valence-corrected chi connectivity index (χ4v) is 3.17. The smallest absolute Gasteiger partial charge is 0.228 e. The first-order chi connectivity index (χ1) is 9.61. The molecule has 1 aliphatic heterocycles. The second-order valence-electron chi connectivity index (χ2n) is 6.16. The monoisotopic (exact) mass is 274 g/mol. The third kappa shape index (κ3) is 2.50. The van der Waals surface area contributed by atoms with Crippen molar-refractivity contribution in [2.75, 3.05) is 37.4 Å². The molecule has 2 aliphatic rings. The molecule has 1 spiro atoms. The lowest BCUT2D eigenvalue weighted by Crippen LogP contribution is -2.31. The summed E-state index contributed by atoms with van der Waals surface area (Å²) in [5, 5.41) is 6.41. The first kappa shape index (κ1) is 13.4. The van der Waals surface area contributed by atoms with Crippen LogP contribution in [-0.4, -0.2) is 38.1 Å². The molecule has 1 aliphatic carbocycles. The molecule has 1 saturated carbocycles. The average molecular weight is 274 g/mol. The van der Waals surface area contributed by atoms with Crippen LogP contribution in [0.25, 0.3) is 0 Å². The summed E-state index contributed by atoms with van der Waals surface area (Å²) in [5.74, 6) is 1.22. The maximum absolute atomic E-state index is 12.4. The molecule has 5 heteroatoms. The lowest BCUT2D eigenvalue weighted by atomic mass is 9.92. The van der Waals surface area contributed by atoms with Crippen LogP contribution in [0, 0.1) is 11.3 Å². The molecule has 1 aromatic heterocycles. The van der Waals surface area contributed by atoms with Gasteiger partial charge in [-0.2, -0.15) is 0 Å². The fourth-order valence-electron chi connectivity index (χ4n) is 3.17. The van der Waals surface area contributed by atoms with E-state index in [9.17, 15) is 4.79 Å². The molecule has 108 valence electrons. The first-order valence-corrected chi connectivity index (χ1v) is 7.26. The van der Waals surface area contributed by atoms with Gasteiger partial charge < -0.3 is 15.5 Å². The quantitative estimate of drug-likeness (QED) is 0.876. The minimum absolute atomic E-state index is 0.169. The van der Waals surface area contributed by atoms with Crippen LogP contribution in [0.2, 0.25) is 0 Å². The Morgan fingerprint density at radius 1 is 1.45 bits per heavy atom. The van der Waals surface area contributed by atoms with Crippen molar-refractivity contribution in [1.82, 2.24) is 10.3 Å². The van der Waals surface area contributed by atoms with Crippen LogP contribution in [0.1, 0.15) is 19.3 Å². The lowest BCUT2D eigenvalue weighted by Gasteiger charge is -2.23. The number of hydrogen-bond donors (Lipinski definition) is 2. The van der Waals surface area contributed by atoms with Crippen LogP contribution in [-0.2, 0) is 4.79 Å². The predicted octanol–water partition coefficient (Wildman–Crippen LogP) is 1.48. The molecule has 0 bridgehead atoms. The Morgan fingerprint density at radius 2 is 2.20 bits per heavy atom. The van der Waals surface area contributed by atoms with Crippen LogP contribution in [0.4, 0.5) is 11.5 Å². The molecule has 0 aromatic carbocycles. The van der Waals surface area contributed by atoms with Gasteiger partial charge in [0.05, 0.1) is 0 Å². The van der Waals surface area contributed by atoms with Crippen molar-refractivity contribution in [2.24, 2.45) is 11.3 Å². The number of piperidine rings is 1. The van der Waals surface area contributed by atoms with Gasteiger partial charge in [-0.05, 0) is 43.8 Å². The van der Waals surface area contributed by atoms with E-state index in [-0.39, 0.29) is 17.2 Å². The number of nitrogens with one attached hydrogen (secondary N) is 2. The van der Waals surface area contributed by atoms with Crippen molar-refractivity contribution in [3.8, 4) is 0 Å². The molecule has 2 N–H and O–H groups in total. The lowest BCUT2D eigenvalue weighted by molar-refractivity contribution is -0.118. The third-order valence-corrected chi connectivity index (χ3v) is 4.58. The molecule has 1 aromatic rings. The minimum atomic E-state index is 0.169. The minimum Gasteiger partial charge on any atom is -0.363 e. The molecule has 3 rings (SSSR count). The van der Waals surface area contributed by atoms with E-state index in [0.717, 1.165) is 43.9 Å². The van der Waals surface area contributed by atoms with Crippen molar-refractivity contribution in [2.45, 2.75) is 19.3 Å². The summed E-state index contributed by atoms with van der Waals surface area (Å²) in [5.41, 5.74) is 1.12. The van der Waals surface area contributed by atoms with Gasteiger partial charge in [-0.15, -0.1) is 0 Å². The number of carbonyl (C=O) groups is 1. The number of rotatable bonds is 3. The number of nitrogens with zero attached hydrogens (tertiary/aromatic N) is 2. The SMILES string of the molecule is CN(C)c1cc(NC(=O)C2CC23CCNCC3)ccn1.